The molecule has 480 valence electrons. The Kier molecular flexibility index (Phi) is 51.1. The molecule has 4 unspecified atom stereocenters. The van der Waals surface area contributed by atoms with Gasteiger partial charge in [0.25, 0.3) is 0 Å². The van der Waals surface area contributed by atoms with Gasteiger partial charge in [0.2, 0.25) is 0 Å². The van der Waals surface area contributed by atoms with E-state index in [1.165, 1.54) is 89.9 Å². The molecule has 0 heterocycles. The van der Waals surface area contributed by atoms with Gasteiger partial charge in [0.15, 0.2) is 12.2 Å². The molecule has 0 spiro atoms. The highest BCUT2D eigenvalue weighted by atomic mass is 31.2. The average Bonchev–Trinajstić information content (AvgIpc) is 3.42. The van der Waals surface area contributed by atoms with Gasteiger partial charge in [0, 0.05) is 25.7 Å². The first-order valence-corrected chi connectivity index (χ1v) is 35.3. The summed E-state index contributed by atoms with van der Waals surface area (Å²) in [5.41, 5.74) is 0. The molecule has 3 N–H and O–H groups in total. The van der Waals surface area contributed by atoms with E-state index in [9.17, 15) is 43.2 Å². The zero-order chi connectivity index (χ0) is 60.4. The second-order valence-corrected chi connectivity index (χ2v) is 26.8. The van der Waals surface area contributed by atoms with Gasteiger partial charge in [0.1, 0.15) is 19.3 Å². The van der Waals surface area contributed by atoms with E-state index >= 15 is 0 Å². The van der Waals surface area contributed by atoms with E-state index in [1.54, 1.807) is 0 Å². The van der Waals surface area contributed by atoms with Crippen LogP contribution in [-0.2, 0) is 65.4 Å². The first-order chi connectivity index (χ1) is 38.7. The van der Waals surface area contributed by atoms with Crippen molar-refractivity contribution in [2.45, 2.75) is 311 Å². The summed E-state index contributed by atoms with van der Waals surface area (Å²) in [5.74, 6) is 0.725. The number of ether oxygens (including phenoxy) is 4. The summed E-state index contributed by atoms with van der Waals surface area (Å²) < 4.78 is 67.9. The molecule has 0 aliphatic heterocycles. The van der Waals surface area contributed by atoms with Crippen LogP contribution in [0.3, 0.4) is 0 Å². The van der Waals surface area contributed by atoms with Crippen LogP contribution < -0.4 is 0 Å². The number of aliphatic hydroxyl groups excluding tert-OH is 1. The van der Waals surface area contributed by atoms with E-state index in [1.807, 2.05) is 0 Å². The lowest BCUT2D eigenvalue weighted by Crippen LogP contribution is -2.30. The highest BCUT2D eigenvalue weighted by molar-refractivity contribution is 7.47. The summed E-state index contributed by atoms with van der Waals surface area (Å²) in [7, 11) is -9.88. The van der Waals surface area contributed by atoms with Crippen LogP contribution in [0.1, 0.15) is 293 Å². The fourth-order valence-corrected chi connectivity index (χ4v) is 10.6. The molecule has 17 nitrogen and oxygen atoms in total. The predicted octanol–water partition coefficient (Wildman–Crippen LogP) is 16.6. The molecular weight excluding hydrogens is 1080 g/mol. The van der Waals surface area contributed by atoms with E-state index in [4.69, 9.17) is 37.0 Å². The minimum Gasteiger partial charge on any atom is -0.462 e. The van der Waals surface area contributed by atoms with Gasteiger partial charge in [-0.05, 0) is 49.4 Å². The molecule has 0 aromatic carbocycles. The molecule has 0 saturated heterocycles. The molecule has 0 aromatic heterocycles. The van der Waals surface area contributed by atoms with Crippen LogP contribution in [0.5, 0.6) is 0 Å². The van der Waals surface area contributed by atoms with Gasteiger partial charge in [-0.2, -0.15) is 0 Å². The zero-order valence-electron chi connectivity index (χ0n) is 52.4. The Morgan fingerprint density at radius 1 is 0.346 bits per heavy atom. The van der Waals surface area contributed by atoms with Gasteiger partial charge in [-0.3, -0.25) is 37.3 Å². The average molecular weight is 1200 g/mol. The number of esters is 4. The van der Waals surface area contributed by atoms with Gasteiger partial charge < -0.3 is 33.8 Å². The van der Waals surface area contributed by atoms with Crippen molar-refractivity contribution in [2.24, 2.45) is 23.7 Å². The van der Waals surface area contributed by atoms with Crippen molar-refractivity contribution in [3.05, 3.63) is 0 Å². The van der Waals surface area contributed by atoms with Crippen LogP contribution in [0, 0.1) is 23.7 Å². The van der Waals surface area contributed by atoms with E-state index in [-0.39, 0.29) is 25.7 Å². The second kappa shape index (κ2) is 52.4. The summed E-state index contributed by atoms with van der Waals surface area (Å²) in [6, 6.07) is 0. The molecular formula is C62H120O17P2. The van der Waals surface area contributed by atoms with Gasteiger partial charge in [-0.1, -0.05) is 242 Å². The number of carbonyl (C=O) groups is 4. The van der Waals surface area contributed by atoms with E-state index < -0.39 is 97.5 Å². The summed E-state index contributed by atoms with van der Waals surface area (Å²) in [6.07, 6.45) is 31.0. The number of hydrogen-bond donors (Lipinski definition) is 3. The lowest BCUT2D eigenvalue weighted by molar-refractivity contribution is -0.161. The molecule has 0 radical (unpaired) electrons. The van der Waals surface area contributed by atoms with Crippen LogP contribution in [0.25, 0.3) is 0 Å². The minimum atomic E-state index is -4.94. The quantitative estimate of drug-likeness (QED) is 0.0222. The highest BCUT2D eigenvalue weighted by Crippen LogP contribution is 2.45. The van der Waals surface area contributed by atoms with Crippen molar-refractivity contribution in [3.8, 4) is 0 Å². The largest absolute Gasteiger partial charge is 0.472 e. The number of aliphatic hydroxyl groups is 1. The van der Waals surface area contributed by atoms with E-state index in [0.717, 1.165) is 108 Å². The first-order valence-electron chi connectivity index (χ1n) is 32.3. The summed E-state index contributed by atoms with van der Waals surface area (Å²) in [6.45, 7) is 13.9. The summed E-state index contributed by atoms with van der Waals surface area (Å²) in [5, 5.41) is 10.5. The van der Waals surface area contributed by atoms with Gasteiger partial charge >= 0.3 is 39.5 Å². The zero-order valence-corrected chi connectivity index (χ0v) is 54.2. The Hall–Kier alpha value is -1.94. The Bertz CT molecular complexity index is 1630. The lowest BCUT2D eigenvalue weighted by atomic mass is 9.99. The van der Waals surface area contributed by atoms with Crippen LogP contribution in [0.4, 0.5) is 0 Å². The molecule has 81 heavy (non-hydrogen) atoms. The van der Waals surface area contributed by atoms with Crippen molar-refractivity contribution in [2.75, 3.05) is 39.6 Å². The van der Waals surface area contributed by atoms with Crippen LogP contribution in [0.15, 0.2) is 0 Å². The molecule has 0 rings (SSSR count). The molecule has 0 amide bonds. The van der Waals surface area contributed by atoms with Gasteiger partial charge in [0.05, 0.1) is 26.4 Å². The molecule has 0 fully saturated rings. The Morgan fingerprint density at radius 2 is 0.593 bits per heavy atom. The maximum atomic E-state index is 12.9. The Labute approximate surface area is 492 Å². The second-order valence-electron chi connectivity index (χ2n) is 23.9. The third kappa shape index (κ3) is 54.5. The lowest BCUT2D eigenvalue weighted by Gasteiger charge is -2.21. The number of rotatable bonds is 59. The van der Waals surface area contributed by atoms with Crippen LogP contribution >= 0.6 is 15.6 Å². The third-order valence-corrected chi connectivity index (χ3v) is 16.7. The smallest absolute Gasteiger partial charge is 0.462 e. The normalized spacial score (nSPS) is 15.2. The molecule has 0 aliphatic rings. The van der Waals surface area contributed by atoms with Crippen molar-refractivity contribution >= 4 is 39.5 Å². The molecule has 0 aliphatic carbocycles. The monoisotopic (exact) mass is 1200 g/mol. The number of unbranched alkanes of at least 4 members (excludes halogenated alkanes) is 23. The molecule has 0 saturated carbocycles. The SMILES string of the molecule is CCC(C)CCCCCCCCCCC(=O)OC[C@H](COP(=O)(O)OC[C@@H](O)COP(=O)(O)OC[C@@H](COC(=O)CCCCCCCCC(C)C)OC(=O)CCCCCCCCC(C)CC)OC(=O)CCCCCCCCCC(C)C. The van der Waals surface area contributed by atoms with Gasteiger partial charge in [-0.25, -0.2) is 9.13 Å². The van der Waals surface area contributed by atoms with Crippen molar-refractivity contribution in [1.29, 1.82) is 0 Å². The van der Waals surface area contributed by atoms with Crippen molar-refractivity contribution < 1.29 is 80.2 Å². The highest BCUT2D eigenvalue weighted by Gasteiger charge is 2.30. The van der Waals surface area contributed by atoms with Gasteiger partial charge in [-0.15, -0.1) is 0 Å². The van der Waals surface area contributed by atoms with Crippen LogP contribution in [0.2, 0.25) is 0 Å². The topological polar surface area (TPSA) is 237 Å². The molecule has 0 bridgehead atoms. The number of phosphoric acid groups is 2. The third-order valence-electron chi connectivity index (χ3n) is 14.8. The standard InChI is InChI=1S/C62H120O17P2/c1-9-54(7)40-32-24-15-11-12-16-26-34-42-59(64)72-48-57(78-61(66)44-36-28-17-13-14-22-30-38-52(3)4)50-76-80(68,69)74-46-56(63)47-75-81(70,71)77-51-58(49-73-60(65)43-35-27-20-18-23-31-39-53(5)6)79-62(67)45-37-29-21-19-25-33-41-55(8)10-2/h52-58,63H,9-51H2,1-8H3,(H,68,69)(H,70,71)/t54?,55?,56-,57-,58-/m1/s1. The number of phosphoric ester groups is 2. The van der Waals surface area contributed by atoms with Crippen LogP contribution in [-0.4, -0.2) is 96.7 Å². The predicted molar refractivity (Wildman–Crippen MR) is 321 cm³/mol. The fourth-order valence-electron chi connectivity index (χ4n) is 9.01. The Morgan fingerprint density at radius 3 is 0.877 bits per heavy atom. The molecule has 19 heteroatoms. The minimum absolute atomic E-state index is 0.101. The van der Waals surface area contributed by atoms with E-state index in [0.29, 0.717) is 37.5 Å². The maximum absolute atomic E-state index is 12.9. The first kappa shape index (κ1) is 79.1. The number of carbonyl (C=O) groups excluding carboxylic acids is 4. The van der Waals surface area contributed by atoms with Crippen molar-refractivity contribution in [1.82, 2.24) is 0 Å². The number of hydrogen-bond acceptors (Lipinski definition) is 15. The summed E-state index contributed by atoms with van der Waals surface area (Å²) >= 11 is 0. The molecule has 0 aromatic rings. The van der Waals surface area contributed by atoms with E-state index in [2.05, 4.69) is 55.4 Å². The fraction of sp³-hybridized carbons (Fsp3) is 0.935. The van der Waals surface area contributed by atoms with Crippen molar-refractivity contribution in [3.63, 3.8) is 0 Å². The maximum Gasteiger partial charge on any atom is 0.472 e. The Balaban J connectivity index is 5.25. The summed E-state index contributed by atoms with van der Waals surface area (Å²) in [4.78, 5) is 72.1. The molecule has 7 atom stereocenters.